The smallest absolute Gasteiger partial charge is 0.328 e. The highest BCUT2D eigenvalue weighted by Gasteiger charge is 2.34. The lowest BCUT2D eigenvalue weighted by Crippen LogP contribution is -2.41. The molecule has 0 aliphatic carbocycles. The Morgan fingerprint density at radius 1 is 0.957 bits per heavy atom. The molecule has 1 rings (SSSR count). The lowest BCUT2D eigenvalue weighted by atomic mass is 10.1. The van der Waals surface area contributed by atoms with Gasteiger partial charge in [0.1, 0.15) is 6.04 Å². The van der Waals surface area contributed by atoms with Crippen molar-refractivity contribution in [2.24, 2.45) is 0 Å². The van der Waals surface area contributed by atoms with E-state index in [2.05, 4.69) is 13.8 Å². The standard InChI is InChI=1S/C19H35NO3/c1-3-5-7-9-10-14-18(21)20-15-12-13-17(20)19(22)23-16-11-8-6-4-2/h17H,3-16H2,1-2H3. The van der Waals surface area contributed by atoms with E-state index in [1.165, 1.54) is 32.1 Å². The maximum absolute atomic E-state index is 12.3. The van der Waals surface area contributed by atoms with Crippen molar-refractivity contribution in [1.29, 1.82) is 0 Å². The highest BCUT2D eigenvalue weighted by molar-refractivity contribution is 5.85. The summed E-state index contributed by atoms with van der Waals surface area (Å²) >= 11 is 0. The molecule has 1 atom stereocenters. The van der Waals surface area contributed by atoms with E-state index in [0.717, 1.165) is 38.5 Å². The predicted octanol–water partition coefficient (Wildman–Crippen LogP) is 4.46. The highest BCUT2D eigenvalue weighted by atomic mass is 16.5. The maximum atomic E-state index is 12.3. The lowest BCUT2D eigenvalue weighted by Gasteiger charge is -2.23. The van der Waals surface area contributed by atoms with Crippen LogP contribution >= 0.6 is 0 Å². The number of nitrogens with zero attached hydrogens (tertiary/aromatic N) is 1. The van der Waals surface area contributed by atoms with Gasteiger partial charge < -0.3 is 9.64 Å². The Kier molecular flexibility index (Phi) is 10.8. The van der Waals surface area contributed by atoms with Crippen molar-refractivity contribution < 1.29 is 14.3 Å². The first-order valence-electron chi connectivity index (χ1n) is 9.66. The molecule has 4 heteroatoms. The quantitative estimate of drug-likeness (QED) is 0.393. The number of amides is 1. The molecule has 0 spiro atoms. The predicted molar refractivity (Wildman–Crippen MR) is 93.2 cm³/mol. The number of carbonyl (C=O) groups excluding carboxylic acids is 2. The molecule has 23 heavy (non-hydrogen) atoms. The fourth-order valence-electron chi connectivity index (χ4n) is 3.13. The minimum Gasteiger partial charge on any atom is -0.464 e. The lowest BCUT2D eigenvalue weighted by molar-refractivity contribution is -0.153. The Morgan fingerprint density at radius 2 is 1.61 bits per heavy atom. The number of unbranched alkanes of at least 4 members (excludes halogenated alkanes) is 7. The van der Waals surface area contributed by atoms with Gasteiger partial charge in [0.15, 0.2) is 0 Å². The van der Waals surface area contributed by atoms with Gasteiger partial charge in [-0.2, -0.15) is 0 Å². The van der Waals surface area contributed by atoms with Crippen LogP contribution in [0.4, 0.5) is 0 Å². The van der Waals surface area contributed by atoms with Crippen molar-refractivity contribution in [2.75, 3.05) is 13.2 Å². The van der Waals surface area contributed by atoms with Crippen molar-refractivity contribution in [2.45, 2.75) is 96.9 Å². The first-order chi connectivity index (χ1) is 11.2. The minimum atomic E-state index is -0.329. The van der Waals surface area contributed by atoms with E-state index < -0.39 is 0 Å². The van der Waals surface area contributed by atoms with Crippen molar-refractivity contribution in [3.8, 4) is 0 Å². The Labute approximate surface area is 141 Å². The normalized spacial score (nSPS) is 17.5. The van der Waals surface area contributed by atoms with Crippen LogP contribution in [0.5, 0.6) is 0 Å². The topological polar surface area (TPSA) is 46.6 Å². The van der Waals surface area contributed by atoms with Gasteiger partial charge in [0, 0.05) is 13.0 Å². The fourth-order valence-corrected chi connectivity index (χ4v) is 3.13. The molecule has 0 N–H and O–H groups in total. The molecule has 0 aromatic carbocycles. The first kappa shape index (κ1) is 20.0. The van der Waals surface area contributed by atoms with Gasteiger partial charge >= 0.3 is 5.97 Å². The van der Waals surface area contributed by atoms with E-state index in [-0.39, 0.29) is 17.9 Å². The van der Waals surface area contributed by atoms with Gasteiger partial charge in [0.2, 0.25) is 5.91 Å². The summed E-state index contributed by atoms with van der Waals surface area (Å²) in [6.07, 6.45) is 12.3. The van der Waals surface area contributed by atoms with Crippen LogP contribution in [-0.2, 0) is 14.3 Å². The second kappa shape index (κ2) is 12.4. The summed E-state index contributed by atoms with van der Waals surface area (Å²) in [5, 5.41) is 0. The van der Waals surface area contributed by atoms with Gasteiger partial charge in [-0.15, -0.1) is 0 Å². The zero-order chi connectivity index (χ0) is 16.9. The molecule has 1 saturated heterocycles. The summed E-state index contributed by atoms with van der Waals surface area (Å²) < 4.78 is 5.38. The third-order valence-electron chi connectivity index (χ3n) is 4.58. The van der Waals surface area contributed by atoms with Gasteiger partial charge in [0.25, 0.3) is 0 Å². The van der Waals surface area contributed by atoms with Crippen LogP contribution in [-0.4, -0.2) is 36.0 Å². The van der Waals surface area contributed by atoms with Crippen LogP contribution in [0.1, 0.15) is 90.9 Å². The summed E-state index contributed by atoms with van der Waals surface area (Å²) in [6.45, 7) is 5.56. The fraction of sp³-hybridized carbons (Fsp3) is 0.895. The van der Waals surface area contributed by atoms with E-state index in [1.807, 2.05) is 0 Å². The molecular formula is C19H35NO3. The number of carbonyl (C=O) groups is 2. The van der Waals surface area contributed by atoms with E-state index in [4.69, 9.17) is 4.74 Å². The van der Waals surface area contributed by atoms with E-state index in [0.29, 0.717) is 19.6 Å². The monoisotopic (exact) mass is 325 g/mol. The third-order valence-corrected chi connectivity index (χ3v) is 4.58. The second-order valence-electron chi connectivity index (χ2n) is 6.64. The van der Waals surface area contributed by atoms with Crippen LogP contribution in [0, 0.1) is 0 Å². The summed E-state index contributed by atoms with van der Waals surface area (Å²) in [6, 6.07) is -0.329. The second-order valence-corrected chi connectivity index (χ2v) is 6.64. The van der Waals surface area contributed by atoms with Gasteiger partial charge in [0.05, 0.1) is 6.61 Å². The Morgan fingerprint density at radius 3 is 2.30 bits per heavy atom. The molecule has 1 aliphatic rings. The number of likely N-dealkylation sites (tertiary alicyclic amines) is 1. The molecule has 1 unspecified atom stereocenters. The zero-order valence-corrected chi connectivity index (χ0v) is 15.1. The maximum Gasteiger partial charge on any atom is 0.328 e. The third kappa shape index (κ3) is 7.85. The van der Waals surface area contributed by atoms with Crippen molar-refractivity contribution in [3.63, 3.8) is 0 Å². The van der Waals surface area contributed by atoms with E-state index in [1.54, 1.807) is 4.90 Å². The van der Waals surface area contributed by atoms with Gasteiger partial charge in [-0.1, -0.05) is 58.8 Å². The molecular weight excluding hydrogens is 290 g/mol. The van der Waals surface area contributed by atoms with E-state index in [9.17, 15) is 9.59 Å². The first-order valence-corrected chi connectivity index (χ1v) is 9.66. The van der Waals surface area contributed by atoms with Crippen LogP contribution in [0.2, 0.25) is 0 Å². The molecule has 1 amide bonds. The summed E-state index contributed by atoms with van der Waals surface area (Å²) in [4.78, 5) is 26.3. The van der Waals surface area contributed by atoms with Gasteiger partial charge in [-0.05, 0) is 25.7 Å². The molecule has 0 bridgehead atoms. The minimum absolute atomic E-state index is 0.131. The molecule has 1 heterocycles. The van der Waals surface area contributed by atoms with Crippen molar-refractivity contribution in [3.05, 3.63) is 0 Å². The van der Waals surface area contributed by atoms with Crippen LogP contribution in [0.3, 0.4) is 0 Å². The Bertz CT molecular complexity index is 312. The Balaban J connectivity index is 2.25. The number of esters is 1. The number of ether oxygens (including phenoxy) is 1. The Hall–Kier alpha value is -1.06. The van der Waals surface area contributed by atoms with Crippen LogP contribution in [0.15, 0.2) is 0 Å². The average molecular weight is 325 g/mol. The van der Waals surface area contributed by atoms with E-state index >= 15 is 0 Å². The number of rotatable bonds is 12. The molecule has 0 saturated carbocycles. The highest BCUT2D eigenvalue weighted by Crippen LogP contribution is 2.20. The zero-order valence-electron chi connectivity index (χ0n) is 15.1. The SMILES string of the molecule is CCCCCCCC(=O)N1CCCC1C(=O)OCCCCCC. The number of hydrogen-bond acceptors (Lipinski definition) is 3. The van der Waals surface area contributed by atoms with Crippen LogP contribution < -0.4 is 0 Å². The molecule has 1 aliphatic heterocycles. The summed E-state index contributed by atoms with van der Waals surface area (Å²) in [5.74, 6) is -0.0646. The van der Waals surface area contributed by atoms with Gasteiger partial charge in [-0.3, -0.25) is 4.79 Å². The molecule has 0 aromatic heterocycles. The molecule has 134 valence electrons. The number of hydrogen-bond donors (Lipinski definition) is 0. The molecule has 0 aromatic rings. The van der Waals surface area contributed by atoms with Crippen molar-refractivity contribution >= 4 is 11.9 Å². The average Bonchev–Trinajstić information content (AvgIpc) is 3.04. The molecule has 1 fully saturated rings. The summed E-state index contributed by atoms with van der Waals surface area (Å²) in [7, 11) is 0. The molecule has 0 radical (unpaired) electrons. The van der Waals surface area contributed by atoms with Crippen LogP contribution in [0.25, 0.3) is 0 Å². The van der Waals surface area contributed by atoms with Gasteiger partial charge in [-0.25, -0.2) is 4.79 Å². The molecule has 4 nitrogen and oxygen atoms in total. The van der Waals surface area contributed by atoms with Crippen molar-refractivity contribution in [1.82, 2.24) is 4.90 Å². The largest absolute Gasteiger partial charge is 0.464 e. The summed E-state index contributed by atoms with van der Waals surface area (Å²) in [5.41, 5.74) is 0.